The van der Waals surface area contributed by atoms with Crippen LogP contribution in [0.25, 0.3) is 5.70 Å². The molecule has 0 aliphatic carbocycles. The van der Waals surface area contributed by atoms with Crippen LogP contribution in [0.1, 0.15) is 32.7 Å². The van der Waals surface area contributed by atoms with Crippen LogP contribution in [-0.2, 0) is 6.42 Å². The van der Waals surface area contributed by atoms with Gasteiger partial charge in [0.1, 0.15) is 5.82 Å². The van der Waals surface area contributed by atoms with E-state index in [0.717, 1.165) is 5.69 Å². The normalized spacial score (nSPS) is 13.1. The average Bonchev–Trinajstić information content (AvgIpc) is 3.16. The highest BCUT2D eigenvalue weighted by Crippen LogP contribution is 2.32. The summed E-state index contributed by atoms with van der Waals surface area (Å²) in [5, 5.41) is 3.58. The quantitative estimate of drug-likeness (QED) is 0.184. The number of fused-ring (bicyclic) bond motifs is 1. The Morgan fingerprint density at radius 3 is 2.56 bits per heavy atom. The number of carbonyl (C=O) groups excluding carboxylic acids is 1. The summed E-state index contributed by atoms with van der Waals surface area (Å²) in [7, 11) is 1.77. The van der Waals surface area contributed by atoms with Crippen LogP contribution in [0.15, 0.2) is 119 Å². The van der Waals surface area contributed by atoms with Crippen LogP contribution >= 0.6 is 11.6 Å². The van der Waals surface area contributed by atoms with Crippen molar-refractivity contribution in [3.05, 3.63) is 148 Å². The number of carbonyl (C=O) groups is 1. The molecule has 3 N–H and O–H groups in total. The molecule has 1 aliphatic heterocycles. The Balaban J connectivity index is 1.35. The highest BCUT2D eigenvalue weighted by atomic mass is 35.5. The number of aromatic nitrogens is 1. The molecule has 0 atom stereocenters. The first kappa shape index (κ1) is 29.4. The van der Waals surface area contributed by atoms with E-state index >= 15 is 0 Å². The molecule has 1 aliphatic rings. The molecule has 1 amide bonds. The minimum atomic E-state index is -0.387. The Kier molecular flexibility index (Phi) is 9.08. The second-order valence-electron chi connectivity index (χ2n) is 9.91. The number of guanidine groups is 1. The van der Waals surface area contributed by atoms with Crippen LogP contribution in [-0.4, -0.2) is 47.6 Å². The number of anilines is 1. The van der Waals surface area contributed by atoms with E-state index in [0.29, 0.717) is 62.9 Å². The van der Waals surface area contributed by atoms with E-state index in [2.05, 4.69) is 16.9 Å². The maximum Gasteiger partial charge on any atom is 0.253 e. The van der Waals surface area contributed by atoms with Gasteiger partial charge in [0.2, 0.25) is 0 Å². The summed E-state index contributed by atoms with van der Waals surface area (Å²) in [5.41, 5.74) is 11.9. The Hall–Kier alpha value is -5.08. The molecule has 9 heteroatoms. The number of rotatable bonds is 8. The molecule has 0 saturated heterocycles. The number of pyridine rings is 1. The summed E-state index contributed by atoms with van der Waals surface area (Å²) in [6.07, 6.45) is 4.08. The molecule has 216 valence electrons. The van der Waals surface area contributed by atoms with Crippen molar-refractivity contribution in [1.82, 2.24) is 9.88 Å². The van der Waals surface area contributed by atoms with Gasteiger partial charge in [0.25, 0.3) is 5.91 Å². The van der Waals surface area contributed by atoms with Gasteiger partial charge in [0, 0.05) is 64.9 Å². The number of hydrogen-bond donors (Lipinski definition) is 2. The zero-order valence-electron chi connectivity index (χ0n) is 23.6. The number of nitrogens with zero attached hydrogens (tertiary/aromatic N) is 4. The predicted molar refractivity (Wildman–Crippen MR) is 172 cm³/mol. The average molecular weight is 593 g/mol. The number of hydrogen-bond acceptors (Lipinski definition) is 4. The lowest BCUT2D eigenvalue weighted by Crippen LogP contribution is -2.29. The summed E-state index contributed by atoms with van der Waals surface area (Å²) in [5.74, 6) is -0.359. The minimum Gasteiger partial charge on any atom is -0.369 e. The SMILES string of the molecule is C=CC1=C(N=C(N)Nc2ccc(C(=O)N(C)CCc3ccccn3)cc2)c2ccc(Cl)cc2C(c2ccccc2F)=NC1. The molecule has 4 aromatic rings. The van der Waals surface area contributed by atoms with Crippen molar-refractivity contribution in [1.29, 1.82) is 0 Å². The molecule has 43 heavy (non-hydrogen) atoms. The number of likely N-dealkylation sites (N-methyl/N-ethyl adjacent to an activating group) is 1. The van der Waals surface area contributed by atoms with Crippen molar-refractivity contribution >= 4 is 40.6 Å². The minimum absolute atomic E-state index is 0.0933. The van der Waals surface area contributed by atoms with E-state index in [1.54, 1.807) is 78.8 Å². The first-order valence-corrected chi connectivity index (χ1v) is 14.0. The van der Waals surface area contributed by atoms with E-state index < -0.39 is 0 Å². The van der Waals surface area contributed by atoms with Crippen molar-refractivity contribution in [2.24, 2.45) is 15.7 Å². The van der Waals surface area contributed by atoms with E-state index in [1.807, 2.05) is 24.3 Å². The fourth-order valence-electron chi connectivity index (χ4n) is 4.74. The van der Waals surface area contributed by atoms with Gasteiger partial charge in [-0.1, -0.05) is 48.5 Å². The van der Waals surface area contributed by atoms with Gasteiger partial charge in [-0.2, -0.15) is 0 Å². The van der Waals surface area contributed by atoms with Gasteiger partial charge in [-0.25, -0.2) is 9.38 Å². The third kappa shape index (κ3) is 6.88. The maximum absolute atomic E-state index is 14.8. The van der Waals surface area contributed by atoms with Crippen LogP contribution in [0.5, 0.6) is 0 Å². The van der Waals surface area contributed by atoms with Crippen molar-refractivity contribution in [3.63, 3.8) is 0 Å². The smallest absolute Gasteiger partial charge is 0.253 e. The van der Waals surface area contributed by atoms with E-state index in [-0.39, 0.29) is 24.2 Å². The molecular formula is C34H30ClFN6O. The number of nitrogens with two attached hydrogens (primary N) is 1. The molecule has 5 rings (SSSR count). The molecule has 2 heterocycles. The highest BCUT2D eigenvalue weighted by Gasteiger charge is 2.22. The summed E-state index contributed by atoms with van der Waals surface area (Å²) in [6.45, 7) is 4.71. The Morgan fingerprint density at radius 1 is 1.07 bits per heavy atom. The zero-order valence-corrected chi connectivity index (χ0v) is 24.4. The molecule has 3 aromatic carbocycles. The number of halogens is 2. The molecule has 0 unspecified atom stereocenters. The molecule has 1 aromatic heterocycles. The van der Waals surface area contributed by atoms with Gasteiger partial charge in [0.05, 0.1) is 18.0 Å². The molecule has 0 saturated carbocycles. The fourth-order valence-corrected chi connectivity index (χ4v) is 4.91. The van der Waals surface area contributed by atoms with Crippen LogP contribution in [0.3, 0.4) is 0 Å². The molecular weight excluding hydrogens is 563 g/mol. The largest absolute Gasteiger partial charge is 0.369 e. The number of nitrogens with one attached hydrogen (secondary N) is 1. The van der Waals surface area contributed by atoms with Crippen molar-refractivity contribution in [2.45, 2.75) is 6.42 Å². The lowest BCUT2D eigenvalue weighted by atomic mass is 9.95. The van der Waals surface area contributed by atoms with E-state index in [9.17, 15) is 9.18 Å². The maximum atomic E-state index is 14.8. The lowest BCUT2D eigenvalue weighted by Gasteiger charge is -2.17. The third-order valence-corrected chi connectivity index (χ3v) is 7.23. The summed E-state index contributed by atoms with van der Waals surface area (Å²) in [4.78, 5) is 28.3. The van der Waals surface area contributed by atoms with Crippen LogP contribution < -0.4 is 11.1 Å². The van der Waals surface area contributed by atoms with Crippen LogP contribution in [0, 0.1) is 5.82 Å². The zero-order chi connectivity index (χ0) is 30.3. The Morgan fingerprint density at radius 2 is 1.84 bits per heavy atom. The highest BCUT2D eigenvalue weighted by molar-refractivity contribution is 6.31. The molecule has 0 spiro atoms. The first-order valence-electron chi connectivity index (χ1n) is 13.7. The first-order chi connectivity index (χ1) is 20.8. The Bertz CT molecular complexity index is 1750. The van der Waals surface area contributed by atoms with Crippen molar-refractivity contribution < 1.29 is 9.18 Å². The standard InChI is InChI=1S/C34H30ClFN6O/c1-3-22-21-39-32(28-9-4-5-10-30(28)36)29-20-24(35)13-16-27(29)31(22)41-34(37)40-26-14-11-23(12-15-26)33(43)42(2)19-17-25-8-6-7-18-38-25/h3-16,18,20H,1,17,19,21H2,2H3,(H3,37,40,41). The number of benzene rings is 3. The second kappa shape index (κ2) is 13.3. The number of amides is 1. The van der Waals surface area contributed by atoms with Crippen LogP contribution in [0.2, 0.25) is 5.02 Å². The summed E-state index contributed by atoms with van der Waals surface area (Å²) in [6, 6.07) is 24.5. The molecule has 0 fully saturated rings. The predicted octanol–water partition coefficient (Wildman–Crippen LogP) is 6.36. The Labute approximate surface area is 255 Å². The van der Waals surface area contributed by atoms with Crippen molar-refractivity contribution in [2.75, 3.05) is 25.5 Å². The van der Waals surface area contributed by atoms with Gasteiger partial charge in [0.15, 0.2) is 5.96 Å². The van der Waals surface area contributed by atoms with E-state index in [1.165, 1.54) is 6.07 Å². The molecule has 0 bridgehead atoms. The topological polar surface area (TPSA) is 96.0 Å². The second-order valence-corrected chi connectivity index (χ2v) is 10.3. The monoisotopic (exact) mass is 592 g/mol. The lowest BCUT2D eigenvalue weighted by molar-refractivity contribution is 0.0796. The van der Waals surface area contributed by atoms with Gasteiger partial charge in [-0.05, 0) is 66.2 Å². The van der Waals surface area contributed by atoms with Crippen molar-refractivity contribution in [3.8, 4) is 0 Å². The third-order valence-electron chi connectivity index (χ3n) is 6.99. The molecule has 7 nitrogen and oxygen atoms in total. The number of aliphatic imine (C=N–C) groups is 2. The molecule has 0 radical (unpaired) electrons. The van der Waals surface area contributed by atoms with Gasteiger partial charge in [-0.3, -0.25) is 14.8 Å². The summed E-state index contributed by atoms with van der Waals surface area (Å²) < 4.78 is 14.8. The van der Waals surface area contributed by atoms with Gasteiger partial charge < -0.3 is 16.0 Å². The van der Waals surface area contributed by atoms with Gasteiger partial charge in [-0.15, -0.1) is 0 Å². The fraction of sp³-hybridized carbons (Fsp3) is 0.118. The van der Waals surface area contributed by atoms with Gasteiger partial charge >= 0.3 is 0 Å². The van der Waals surface area contributed by atoms with E-state index in [4.69, 9.17) is 27.3 Å². The summed E-state index contributed by atoms with van der Waals surface area (Å²) >= 11 is 6.37. The van der Waals surface area contributed by atoms with Crippen LogP contribution in [0.4, 0.5) is 10.1 Å².